The van der Waals surface area contributed by atoms with Crippen molar-refractivity contribution in [1.82, 2.24) is 0 Å². The molecule has 9 atom stereocenters. The molecule has 2 rings (SSSR count). The lowest BCUT2D eigenvalue weighted by Gasteiger charge is -2.53. The first-order valence-corrected chi connectivity index (χ1v) is 7.84. The molecule has 2 heterocycles. The second kappa shape index (κ2) is 7.66. The third-order valence-electron chi connectivity index (χ3n) is 4.95. The van der Waals surface area contributed by atoms with Gasteiger partial charge in [0.05, 0.1) is 19.8 Å². The number of hydrogen-bond acceptors (Lipinski definition) is 11. The summed E-state index contributed by atoms with van der Waals surface area (Å²) < 4.78 is 15.3. The number of ether oxygens (including phenoxy) is 3. The molecule has 0 aromatic heterocycles. The van der Waals surface area contributed by atoms with Crippen molar-refractivity contribution in [2.45, 2.75) is 60.5 Å². The molecule has 0 spiro atoms. The van der Waals surface area contributed by atoms with Crippen LogP contribution in [-0.2, 0) is 14.2 Å². The summed E-state index contributed by atoms with van der Waals surface area (Å²) in [6.45, 7) is -1.76. The minimum absolute atomic E-state index is 0.352. The summed E-state index contributed by atoms with van der Waals surface area (Å²) >= 11 is 0. The zero-order chi connectivity index (χ0) is 19.0. The highest BCUT2D eigenvalue weighted by Crippen LogP contribution is 2.41. The standard InChI is InChI=1S/C14H26O11/c1-23-12-14(22,11(20)9(18)7(2-15)25-12)5-13(21)8(3-16)24-4-6(17)10(13)19/h6-12,15-22H,2-5H2,1H3/t6-,7-,8-,9-,10-,11+,12+,13+,14-/m1/s1. The van der Waals surface area contributed by atoms with Gasteiger partial charge in [0.15, 0.2) is 6.29 Å². The number of aliphatic hydroxyl groups is 8. The van der Waals surface area contributed by atoms with Gasteiger partial charge in [0, 0.05) is 13.5 Å². The SMILES string of the molecule is CO[C@H]1O[C@H](CO)[C@@H](O)[C@H](O)[C@]1(O)C[C@@]1(O)[C@H](O)[C@H](O)CO[C@@H]1CO. The van der Waals surface area contributed by atoms with E-state index in [1.165, 1.54) is 0 Å². The van der Waals surface area contributed by atoms with E-state index >= 15 is 0 Å². The van der Waals surface area contributed by atoms with Crippen LogP contribution >= 0.6 is 0 Å². The Hall–Kier alpha value is -0.440. The van der Waals surface area contributed by atoms with Gasteiger partial charge in [-0.05, 0) is 0 Å². The first-order chi connectivity index (χ1) is 11.7. The first kappa shape index (κ1) is 20.9. The van der Waals surface area contributed by atoms with Crippen LogP contribution in [0.3, 0.4) is 0 Å². The van der Waals surface area contributed by atoms with E-state index in [-0.39, 0.29) is 6.61 Å². The van der Waals surface area contributed by atoms with Crippen LogP contribution in [0.2, 0.25) is 0 Å². The fraction of sp³-hybridized carbons (Fsp3) is 1.00. The van der Waals surface area contributed by atoms with Gasteiger partial charge in [-0.2, -0.15) is 0 Å². The monoisotopic (exact) mass is 370 g/mol. The van der Waals surface area contributed by atoms with E-state index in [9.17, 15) is 40.9 Å². The van der Waals surface area contributed by atoms with E-state index in [0.29, 0.717) is 0 Å². The lowest BCUT2D eigenvalue weighted by Crippen LogP contribution is -2.73. The molecule has 0 saturated carbocycles. The van der Waals surface area contributed by atoms with Crippen molar-refractivity contribution in [3.63, 3.8) is 0 Å². The zero-order valence-electron chi connectivity index (χ0n) is 13.7. The third kappa shape index (κ3) is 3.42. The Bertz CT molecular complexity index is 442. The van der Waals surface area contributed by atoms with Gasteiger partial charge in [0.1, 0.15) is 47.8 Å². The van der Waals surface area contributed by atoms with Gasteiger partial charge in [-0.1, -0.05) is 0 Å². The van der Waals surface area contributed by atoms with Gasteiger partial charge in [0.2, 0.25) is 0 Å². The molecule has 2 aliphatic rings. The van der Waals surface area contributed by atoms with E-state index < -0.39 is 73.8 Å². The summed E-state index contributed by atoms with van der Waals surface area (Å²) in [5.74, 6) is 0. The normalized spacial score (nSPS) is 51.5. The first-order valence-electron chi connectivity index (χ1n) is 7.84. The van der Waals surface area contributed by atoms with Crippen molar-refractivity contribution in [3.05, 3.63) is 0 Å². The average Bonchev–Trinajstić information content (AvgIpc) is 2.58. The molecule has 2 saturated heterocycles. The van der Waals surface area contributed by atoms with Crippen LogP contribution in [0.5, 0.6) is 0 Å². The summed E-state index contributed by atoms with van der Waals surface area (Å²) in [4.78, 5) is 0. The molecule has 0 unspecified atom stereocenters. The fourth-order valence-electron chi connectivity index (χ4n) is 3.45. The number of aliphatic hydroxyl groups excluding tert-OH is 6. The maximum absolute atomic E-state index is 10.9. The molecule has 0 bridgehead atoms. The summed E-state index contributed by atoms with van der Waals surface area (Å²) in [5.41, 5.74) is -4.82. The van der Waals surface area contributed by atoms with Gasteiger partial charge in [-0.15, -0.1) is 0 Å². The number of methoxy groups -OCH3 is 1. The molecule has 25 heavy (non-hydrogen) atoms. The van der Waals surface area contributed by atoms with E-state index in [0.717, 1.165) is 7.11 Å². The summed E-state index contributed by atoms with van der Waals surface area (Å²) in [6.07, 6.45) is -12.1. The second-order valence-electron chi connectivity index (χ2n) is 6.54. The van der Waals surface area contributed by atoms with Crippen LogP contribution in [0.4, 0.5) is 0 Å². The molecule has 148 valence electrons. The van der Waals surface area contributed by atoms with E-state index in [1.807, 2.05) is 0 Å². The van der Waals surface area contributed by atoms with Gasteiger partial charge in [-0.25, -0.2) is 0 Å². The summed E-state index contributed by atoms with van der Waals surface area (Å²) in [7, 11) is 1.13. The molecule has 0 radical (unpaired) electrons. The summed E-state index contributed by atoms with van der Waals surface area (Å²) in [5, 5.41) is 80.6. The van der Waals surface area contributed by atoms with Crippen molar-refractivity contribution in [2.75, 3.05) is 26.9 Å². The Morgan fingerprint density at radius 2 is 1.64 bits per heavy atom. The minimum Gasteiger partial charge on any atom is -0.394 e. The van der Waals surface area contributed by atoms with E-state index in [1.54, 1.807) is 0 Å². The third-order valence-corrected chi connectivity index (χ3v) is 4.95. The van der Waals surface area contributed by atoms with Crippen molar-refractivity contribution in [1.29, 1.82) is 0 Å². The van der Waals surface area contributed by atoms with E-state index in [2.05, 4.69) is 0 Å². The number of rotatable bonds is 5. The van der Waals surface area contributed by atoms with Crippen LogP contribution in [0, 0.1) is 0 Å². The van der Waals surface area contributed by atoms with Gasteiger partial charge in [0.25, 0.3) is 0 Å². The molecule has 8 N–H and O–H groups in total. The van der Waals surface area contributed by atoms with Gasteiger partial charge < -0.3 is 55.1 Å². The Labute approximate surface area is 143 Å². The lowest BCUT2D eigenvalue weighted by atomic mass is 9.72. The van der Waals surface area contributed by atoms with Crippen molar-refractivity contribution >= 4 is 0 Å². The second-order valence-corrected chi connectivity index (χ2v) is 6.54. The van der Waals surface area contributed by atoms with Crippen LogP contribution in [0.15, 0.2) is 0 Å². The van der Waals surface area contributed by atoms with Gasteiger partial charge in [-0.3, -0.25) is 0 Å². The highest BCUT2D eigenvalue weighted by atomic mass is 16.7. The molecular formula is C14H26O11. The molecule has 2 aliphatic heterocycles. The number of hydrogen-bond donors (Lipinski definition) is 8. The quantitative estimate of drug-likeness (QED) is 0.231. The highest BCUT2D eigenvalue weighted by molar-refractivity contribution is 5.10. The molecular weight excluding hydrogens is 344 g/mol. The van der Waals surface area contributed by atoms with Gasteiger partial charge >= 0.3 is 0 Å². The Morgan fingerprint density at radius 3 is 2.16 bits per heavy atom. The molecule has 11 nitrogen and oxygen atoms in total. The van der Waals surface area contributed by atoms with Crippen LogP contribution < -0.4 is 0 Å². The predicted molar refractivity (Wildman–Crippen MR) is 78.1 cm³/mol. The molecule has 0 aromatic rings. The lowest BCUT2D eigenvalue weighted by molar-refractivity contribution is -0.356. The average molecular weight is 370 g/mol. The summed E-state index contributed by atoms with van der Waals surface area (Å²) in [6, 6.07) is 0. The minimum atomic E-state index is -2.44. The molecule has 11 heteroatoms. The highest BCUT2D eigenvalue weighted by Gasteiger charge is 2.62. The topological polar surface area (TPSA) is 190 Å². The molecule has 0 aliphatic carbocycles. The van der Waals surface area contributed by atoms with Crippen LogP contribution in [0.25, 0.3) is 0 Å². The maximum atomic E-state index is 10.9. The maximum Gasteiger partial charge on any atom is 0.189 e. The Kier molecular flexibility index (Phi) is 6.40. The van der Waals surface area contributed by atoms with Crippen LogP contribution in [0.1, 0.15) is 6.42 Å². The van der Waals surface area contributed by atoms with E-state index in [4.69, 9.17) is 14.2 Å². The predicted octanol–water partition coefficient (Wildman–Crippen LogP) is -4.96. The molecule has 2 fully saturated rings. The largest absolute Gasteiger partial charge is 0.394 e. The van der Waals surface area contributed by atoms with Crippen molar-refractivity contribution < 1.29 is 55.1 Å². The van der Waals surface area contributed by atoms with Crippen LogP contribution in [-0.4, -0.2) is 122 Å². The Balaban J connectivity index is 2.36. The Morgan fingerprint density at radius 1 is 1.00 bits per heavy atom. The smallest absolute Gasteiger partial charge is 0.189 e. The van der Waals surface area contributed by atoms with Crippen molar-refractivity contribution in [2.24, 2.45) is 0 Å². The molecule has 0 aromatic carbocycles. The zero-order valence-corrected chi connectivity index (χ0v) is 13.7. The fourth-order valence-corrected chi connectivity index (χ4v) is 3.45. The van der Waals surface area contributed by atoms with Crippen molar-refractivity contribution in [3.8, 4) is 0 Å². The molecule has 0 amide bonds.